The summed E-state index contributed by atoms with van der Waals surface area (Å²) in [5, 5.41) is 1.34. The number of hydrogen-bond donors (Lipinski definition) is 1. The monoisotopic (exact) mass is 196 g/mol. The molecule has 2 aliphatic heterocycles. The lowest BCUT2D eigenvalue weighted by atomic mass is 9.86. The van der Waals surface area contributed by atoms with E-state index in [1.807, 2.05) is 0 Å². The second kappa shape index (κ2) is 2.49. The Hall–Kier alpha value is -1.07. The Kier molecular flexibility index (Phi) is 1.47. The summed E-state index contributed by atoms with van der Waals surface area (Å²) in [4.78, 5) is 22.2. The van der Waals surface area contributed by atoms with Gasteiger partial charge in [0.25, 0.3) is 0 Å². The van der Waals surface area contributed by atoms with Gasteiger partial charge in [-0.25, -0.2) is 10.3 Å². The molecular weight excluding hydrogens is 184 g/mol. The Labute approximate surface area is 81.5 Å². The van der Waals surface area contributed by atoms with Crippen molar-refractivity contribution in [2.45, 2.75) is 31.8 Å². The molecule has 1 saturated heterocycles. The maximum Gasteiger partial charge on any atom is 0.165 e. The van der Waals surface area contributed by atoms with Crippen molar-refractivity contribution in [3.8, 4) is 0 Å². The predicted molar refractivity (Wildman–Crippen MR) is 46.0 cm³/mol. The lowest BCUT2D eigenvalue weighted by molar-refractivity contribution is -0.361. The van der Waals surface area contributed by atoms with Gasteiger partial charge in [-0.15, -0.1) is 10.2 Å². The van der Waals surface area contributed by atoms with E-state index in [0.29, 0.717) is 0 Å². The van der Waals surface area contributed by atoms with E-state index in [0.717, 1.165) is 25.0 Å². The van der Waals surface area contributed by atoms with Crippen molar-refractivity contribution in [2.75, 3.05) is 0 Å². The van der Waals surface area contributed by atoms with Crippen molar-refractivity contribution in [1.82, 2.24) is 10.7 Å². The summed E-state index contributed by atoms with van der Waals surface area (Å²) in [6.07, 6.45) is 4.59. The molecule has 0 radical (unpaired) electrons. The number of rotatable bonds is 1. The lowest BCUT2D eigenvalue weighted by Gasteiger charge is -2.23. The summed E-state index contributed by atoms with van der Waals surface area (Å²) in [7, 11) is 0. The predicted octanol–water partition coefficient (Wildman–Crippen LogP) is 0.653. The van der Waals surface area contributed by atoms with Crippen LogP contribution in [-0.4, -0.2) is 16.6 Å². The molecule has 1 aliphatic carbocycles. The average Bonchev–Trinajstić information content (AvgIpc) is 2.71. The highest BCUT2D eigenvalue weighted by Gasteiger charge is 2.59. The molecule has 1 N–H and O–H groups in total. The molecule has 14 heavy (non-hydrogen) atoms. The molecule has 1 saturated carbocycles. The van der Waals surface area contributed by atoms with E-state index in [-0.39, 0.29) is 11.7 Å². The summed E-state index contributed by atoms with van der Waals surface area (Å²) in [5.41, 5.74) is 2.92. The molecule has 0 amide bonds. The minimum Gasteiger partial charge on any atom is -0.297 e. The van der Waals surface area contributed by atoms with Gasteiger partial charge in [0.15, 0.2) is 11.4 Å². The van der Waals surface area contributed by atoms with E-state index in [1.165, 1.54) is 5.23 Å². The molecule has 2 heterocycles. The highest BCUT2D eigenvalue weighted by Crippen LogP contribution is 2.51. The zero-order chi connectivity index (χ0) is 9.76. The smallest absolute Gasteiger partial charge is 0.165 e. The average molecular weight is 196 g/mol. The van der Waals surface area contributed by atoms with Gasteiger partial charge in [0.2, 0.25) is 0 Å². The number of nitrogens with one attached hydrogen (secondary N) is 1. The number of Topliss-reactive ketones (excluding diaryl/α,β-unsaturated/α-hetero) is 1. The highest BCUT2D eigenvalue weighted by molar-refractivity contribution is 5.86. The van der Waals surface area contributed by atoms with E-state index in [1.54, 1.807) is 13.1 Å². The topological polar surface area (TPSA) is 50.8 Å². The van der Waals surface area contributed by atoms with Crippen LogP contribution in [-0.2, 0) is 14.6 Å². The molecule has 76 valence electrons. The molecule has 3 rings (SSSR count). The highest BCUT2D eigenvalue weighted by atomic mass is 17.0. The largest absolute Gasteiger partial charge is 0.297 e. The van der Waals surface area contributed by atoms with Crippen LogP contribution in [0.2, 0.25) is 0 Å². The quantitative estimate of drug-likeness (QED) is 0.667. The fourth-order valence-corrected chi connectivity index (χ4v) is 2.65. The first-order valence-corrected chi connectivity index (χ1v) is 4.87. The molecule has 0 aromatic heterocycles. The molecule has 3 aliphatic rings. The molecule has 0 unspecified atom stereocenters. The molecule has 0 bridgehead atoms. The number of carbonyl (C=O) groups is 1. The lowest BCUT2D eigenvalue weighted by Crippen LogP contribution is -2.40. The van der Waals surface area contributed by atoms with Crippen LogP contribution in [0.15, 0.2) is 11.9 Å². The molecule has 5 nitrogen and oxygen atoms in total. The first-order valence-electron chi connectivity index (χ1n) is 4.87. The first kappa shape index (κ1) is 8.26. The maximum atomic E-state index is 11.6. The third kappa shape index (κ3) is 0.790. The van der Waals surface area contributed by atoms with Gasteiger partial charge in [-0.1, -0.05) is 0 Å². The second-order valence-electron chi connectivity index (χ2n) is 4.02. The van der Waals surface area contributed by atoms with Crippen molar-refractivity contribution < 1.29 is 14.6 Å². The SMILES string of the molecule is CC(=O)[C@]12CCC[C@H]1C1=CNON1O2. The third-order valence-corrected chi connectivity index (χ3v) is 3.36. The van der Waals surface area contributed by atoms with Crippen LogP contribution in [0, 0.1) is 5.92 Å². The first-order chi connectivity index (χ1) is 6.74. The van der Waals surface area contributed by atoms with Crippen molar-refractivity contribution in [2.24, 2.45) is 5.92 Å². The normalized spacial score (nSPS) is 39.1. The number of nitrogens with zero attached hydrogens (tertiary/aromatic N) is 1. The summed E-state index contributed by atoms with van der Waals surface area (Å²) >= 11 is 0. The minimum absolute atomic E-state index is 0.0962. The molecule has 0 aromatic carbocycles. The molecule has 0 spiro atoms. The number of hydrogen-bond acceptors (Lipinski definition) is 5. The van der Waals surface area contributed by atoms with Crippen LogP contribution in [0.25, 0.3) is 0 Å². The van der Waals surface area contributed by atoms with Crippen molar-refractivity contribution >= 4 is 5.78 Å². The third-order valence-electron chi connectivity index (χ3n) is 3.36. The number of ketones is 1. The van der Waals surface area contributed by atoms with E-state index in [4.69, 9.17) is 9.78 Å². The van der Waals surface area contributed by atoms with Gasteiger partial charge >= 0.3 is 0 Å². The summed E-state index contributed by atoms with van der Waals surface area (Å²) in [6.45, 7) is 1.59. The fourth-order valence-electron chi connectivity index (χ4n) is 2.65. The van der Waals surface area contributed by atoms with Crippen LogP contribution in [0.1, 0.15) is 26.2 Å². The van der Waals surface area contributed by atoms with Crippen molar-refractivity contribution in [3.63, 3.8) is 0 Å². The summed E-state index contributed by atoms with van der Waals surface area (Å²) in [5.74, 6) is 0.258. The number of hydroxylamine groups is 3. The Morgan fingerprint density at radius 1 is 1.79 bits per heavy atom. The zero-order valence-corrected chi connectivity index (χ0v) is 7.95. The van der Waals surface area contributed by atoms with E-state index < -0.39 is 5.60 Å². The van der Waals surface area contributed by atoms with Crippen molar-refractivity contribution in [3.05, 3.63) is 11.9 Å². The number of carbonyl (C=O) groups excluding carboxylic acids is 1. The second-order valence-corrected chi connectivity index (χ2v) is 4.02. The zero-order valence-electron chi connectivity index (χ0n) is 7.95. The van der Waals surface area contributed by atoms with Gasteiger partial charge in [-0.05, 0) is 26.2 Å². The van der Waals surface area contributed by atoms with Gasteiger partial charge in [0, 0.05) is 5.92 Å². The van der Waals surface area contributed by atoms with Crippen LogP contribution in [0.5, 0.6) is 0 Å². The van der Waals surface area contributed by atoms with E-state index >= 15 is 0 Å². The van der Waals surface area contributed by atoms with Crippen LogP contribution >= 0.6 is 0 Å². The molecule has 2 atom stereocenters. The van der Waals surface area contributed by atoms with Gasteiger partial charge < -0.3 is 0 Å². The van der Waals surface area contributed by atoms with E-state index in [9.17, 15) is 4.79 Å². The maximum absolute atomic E-state index is 11.6. The molecule has 0 aromatic rings. The summed E-state index contributed by atoms with van der Waals surface area (Å²) in [6, 6.07) is 0. The number of fused-ring (bicyclic) bond motifs is 3. The van der Waals surface area contributed by atoms with Gasteiger partial charge in [-0.3, -0.25) is 4.79 Å². The van der Waals surface area contributed by atoms with Gasteiger partial charge in [-0.2, -0.15) is 0 Å². The Bertz CT molecular complexity index is 328. The Morgan fingerprint density at radius 2 is 2.64 bits per heavy atom. The van der Waals surface area contributed by atoms with Crippen LogP contribution < -0.4 is 5.48 Å². The van der Waals surface area contributed by atoms with Gasteiger partial charge in [0.1, 0.15) is 0 Å². The van der Waals surface area contributed by atoms with Gasteiger partial charge in [0.05, 0.1) is 11.9 Å². The molecular formula is C9H12N2O3. The molecule has 5 heteroatoms. The van der Waals surface area contributed by atoms with Crippen molar-refractivity contribution in [1.29, 1.82) is 0 Å². The summed E-state index contributed by atoms with van der Waals surface area (Å²) < 4.78 is 0. The minimum atomic E-state index is -0.645. The Morgan fingerprint density at radius 3 is 3.43 bits per heavy atom. The van der Waals surface area contributed by atoms with E-state index in [2.05, 4.69) is 5.48 Å². The Balaban J connectivity index is 2.03. The fraction of sp³-hybridized carbons (Fsp3) is 0.667. The van der Waals surface area contributed by atoms with Crippen LogP contribution in [0.3, 0.4) is 0 Å². The van der Waals surface area contributed by atoms with Crippen LogP contribution in [0.4, 0.5) is 0 Å². The molecule has 2 fully saturated rings. The standard InChI is InChI=1S/C9H12N2O3/c1-6(12)9-4-2-3-7(9)8-5-10-14-11(8)13-9/h5,7,10H,2-4H2,1H3/t7-,9+/m0/s1.